The van der Waals surface area contributed by atoms with Crippen molar-refractivity contribution >= 4 is 11.7 Å². The summed E-state index contributed by atoms with van der Waals surface area (Å²) in [7, 11) is 0. The summed E-state index contributed by atoms with van der Waals surface area (Å²) >= 11 is 0. The van der Waals surface area contributed by atoms with Gasteiger partial charge in [0.25, 0.3) is 0 Å². The van der Waals surface area contributed by atoms with Crippen LogP contribution >= 0.6 is 0 Å². The first-order chi connectivity index (χ1) is 14.6. The minimum Gasteiger partial charge on any atom is -0.473 e. The fraction of sp³-hybridized carbons (Fsp3) is 0.652. The summed E-state index contributed by atoms with van der Waals surface area (Å²) in [6.45, 7) is 5.74. The Morgan fingerprint density at radius 2 is 1.94 bits per heavy atom. The maximum atomic E-state index is 13.7. The molecule has 2 aliphatic heterocycles. The number of amides is 1. The van der Waals surface area contributed by atoms with Gasteiger partial charge in [0.05, 0.1) is 17.5 Å². The third-order valence-corrected chi connectivity index (χ3v) is 7.34. The lowest BCUT2D eigenvalue weighted by atomic mass is 9.74. The molecule has 31 heavy (non-hydrogen) atoms. The molecular formula is C23H29F3N2O3. The third-order valence-electron chi connectivity index (χ3n) is 7.34. The molecule has 2 atom stereocenters. The van der Waals surface area contributed by atoms with Crippen LogP contribution in [0.5, 0.6) is 5.75 Å². The number of halogens is 3. The number of carbonyl (C=O) groups excluding carboxylic acids is 2. The quantitative estimate of drug-likeness (QED) is 0.708. The topological polar surface area (TPSA) is 49.9 Å². The molecule has 4 rings (SSSR count). The van der Waals surface area contributed by atoms with Crippen LogP contribution in [0.3, 0.4) is 0 Å². The highest BCUT2D eigenvalue weighted by atomic mass is 19.4. The van der Waals surface area contributed by atoms with Gasteiger partial charge in [-0.05, 0) is 43.4 Å². The molecule has 8 heteroatoms. The Hall–Kier alpha value is -2.09. The molecule has 0 unspecified atom stereocenters. The van der Waals surface area contributed by atoms with E-state index in [4.69, 9.17) is 4.74 Å². The predicted octanol–water partition coefficient (Wildman–Crippen LogP) is 4.24. The number of fused-ring (bicyclic) bond motifs is 1. The fourth-order valence-electron chi connectivity index (χ4n) is 5.33. The summed E-state index contributed by atoms with van der Waals surface area (Å²) in [5.41, 5.74) is -0.907. The van der Waals surface area contributed by atoms with Crippen LogP contribution in [0, 0.1) is 11.3 Å². The lowest BCUT2D eigenvalue weighted by Gasteiger charge is -2.40. The number of alkyl halides is 3. The number of piperidine rings is 1. The van der Waals surface area contributed by atoms with E-state index < -0.39 is 17.2 Å². The SMILES string of the molecule is CC(C)[C@]1(C(=O)N2COc3ccc(C(F)(F)F)cc3C2)CC[C@@H](N2CCC(=O)CC2)C1. The molecule has 0 radical (unpaired) electrons. The maximum absolute atomic E-state index is 13.7. The number of carbonyl (C=O) groups is 2. The van der Waals surface area contributed by atoms with Gasteiger partial charge in [-0.2, -0.15) is 13.2 Å². The van der Waals surface area contributed by atoms with Crippen LogP contribution in [-0.2, 0) is 22.3 Å². The summed E-state index contributed by atoms with van der Waals surface area (Å²) in [4.78, 5) is 29.2. The number of nitrogens with zero attached hydrogens (tertiary/aromatic N) is 2. The summed E-state index contributed by atoms with van der Waals surface area (Å²) in [6, 6.07) is 3.69. The van der Waals surface area contributed by atoms with E-state index in [-0.39, 0.29) is 31.1 Å². The minimum atomic E-state index is -4.44. The fourth-order valence-corrected chi connectivity index (χ4v) is 5.33. The molecule has 2 fully saturated rings. The molecule has 170 valence electrons. The molecule has 1 amide bonds. The Labute approximate surface area is 180 Å². The molecule has 0 aromatic heterocycles. The van der Waals surface area contributed by atoms with E-state index in [1.165, 1.54) is 6.07 Å². The molecule has 1 saturated heterocycles. The summed E-state index contributed by atoms with van der Waals surface area (Å²) in [5, 5.41) is 0. The van der Waals surface area contributed by atoms with Gasteiger partial charge in [0.15, 0.2) is 6.73 Å². The van der Waals surface area contributed by atoms with Crippen molar-refractivity contribution in [2.24, 2.45) is 11.3 Å². The normalized spacial score (nSPS) is 27.4. The Morgan fingerprint density at radius 1 is 1.23 bits per heavy atom. The number of hydrogen-bond acceptors (Lipinski definition) is 4. The molecule has 0 N–H and O–H groups in total. The van der Waals surface area contributed by atoms with E-state index in [1.54, 1.807) is 4.90 Å². The zero-order valence-electron chi connectivity index (χ0n) is 18.0. The Balaban J connectivity index is 1.51. The van der Waals surface area contributed by atoms with Crippen LogP contribution in [0.2, 0.25) is 0 Å². The summed E-state index contributed by atoms with van der Waals surface area (Å²) < 4.78 is 45.0. The lowest BCUT2D eigenvalue weighted by Crippen LogP contribution is -2.49. The van der Waals surface area contributed by atoms with Crippen LogP contribution in [0.25, 0.3) is 0 Å². The van der Waals surface area contributed by atoms with Crippen LogP contribution < -0.4 is 4.74 Å². The highest BCUT2D eigenvalue weighted by Crippen LogP contribution is 2.48. The molecule has 5 nitrogen and oxygen atoms in total. The number of benzene rings is 1. The van der Waals surface area contributed by atoms with Crippen molar-refractivity contribution in [2.75, 3.05) is 19.8 Å². The first-order valence-corrected chi connectivity index (χ1v) is 11.0. The second-order valence-electron chi connectivity index (χ2n) is 9.38. The van der Waals surface area contributed by atoms with E-state index >= 15 is 0 Å². The smallest absolute Gasteiger partial charge is 0.416 e. The number of likely N-dealkylation sites (tertiary alicyclic amines) is 1. The maximum Gasteiger partial charge on any atom is 0.416 e. The summed E-state index contributed by atoms with van der Waals surface area (Å²) in [6.07, 6.45) is -0.959. The van der Waals surface area contributed by atoms with Gasteiger partial charge in [-0.25, -0.2) is 0 Å². The molecule has 0 spiro atoms. The number of ketones is 1. The van der Waals surface area contributed by atoms with E-state index in [0.29, 0.717) is 36.4 Å². The number of Topliss-reactive ketones (excluding diaryl/α,β-unsaturated/α-hetero) is 1. The lowest BCUT2D eigenvalue weighted by molar-refractivity contribution is -0.150. The van der Waals surface area contributed by atoms with Gasteiger partial charge in [0.2, 0.25) is 5.91 Å². The van der Waals surface area contributed by atoms with Gasteiger partial charge in [0, 0.05) is 37.5 Å². The van der Waals surface area contributed by atoms with Gasteiger partial charge < -0.3 is 9.64 Å². The van der Waals surface area contributed by atoms with E-state index in [0.717, 1.165) is 38.1 Å². The molecule has 1 aliphatic carbocycles. The zero-order valence-corrected chi connectivity index (χ0v) is 18.0. The van der Waals surface area contributed by atoms with E-state index in [1.807, 2.05) is 13.8 Å². The predicted molar refractivity (Wildman–Crippen MR) is 108 cm³/mol. The molecule has 1 aromatic carbocycles. The first-order valence-electron chi connectivity index (χ1n) is 11.0. The second-order valence-corrected chi connectivity index (χ2v) is 9.38. The van der Waals surface area contributed by atoms with Gasteiger partial charge in [-0.1, -0.05) is 13.8 Å². The Kier molecular flexibility index (Phi) is 5.79. The van der Waals surface area contributed by atoms with Crippen molar-refractivity contribution in [1.82, 2.24) is 9.80 Å². The standard InChI is InChI=1S/C23H29F3N2O3/c1-15(2)22(8-5-18(12-22)27-9-6-19(29)7-10-27)21(30)28-13-16-11-17(23(24,25)26)3-4-20(16)31-14-28/h3-4,11,15,18H,5-10,12-14H2,1-2H3/t18-,22+/m1/s1. The van der Waals surface area contributed by atoms with Crippen molar-refractivity contribution in [3.05, 3.63) is 29.3 Å². The van der Waals surface area contributed by atoms with Crippen molar-refractivity contribution in [3.63, 3.8) is 0 Å². The van der Waals surface area contributed by atoms with Crippen molar-refractivity contribution < 1.29 is 27.5 Å². The largest absolute Gasteiger partial charge is 0.473 e. The van der Waals surface area contributed by atoms with Crippen LogP contribution in [0.1, 0.15) is 57.1 Å². The number of ether oxygens (including phenoxy) is 1. The molecule has 1 aromatic rings. The van der Waals surface area contributed by atoms with Crippen molar-refractivity contribution in [2.45, 2.75) is 64.7 Å². The van der Waals surface area contributed by atoms with E-state index in [9.17, 15) is 22.8 Å². The molecule has 2 heterocycles. The van der Waals surface area contributed by atoms with Gasteiger partial charge >= 0.3 is 6.18 Å². The number of hydrogen-bond donors (Lipinski definition) is 0. The van der Waals surface area contributed by atoms with Crippen LogP contribution in [-0.4, -0.2) is 47.4 Å². The van der Waals surface area contributed by atoms with Crippen LogP contribution in [0.4, 0.5) is 13.2 Å². The average Bonchev–Trinajstić information content (AvgIpc) is 3.19. The van der Waals surface area contributed by atoms with Crippen molar-refractivity contribution in [3.8, 4) is 5.75 Å². The second kappa shape index (κ2) is 8.11. The van der Waals surface area contributed by atoms with Crippen LogP contribution in [0.15, 0.2) is 18.2 Å². The zero-order chi connectivity index (χ0) is 22.4. The average molecular weight is 438 g/mol. The number of rotatable bonds is 3. The third kappa shape index (κ3) is 4.19. The summed E-state index contributed by atoms with van der Waals surface area (Å²) in [5.74, 6) is 0.751. The van der Waals surface area contributed by atoms with E-state index in [2.05, 4.69) is 4.90 Å². The minimum absolute atomic E-state index is 0.0406. The van der Waals surface area contributed by atoms with Gasteiger partial charge in [-0.3, -0.25) is 14.5 Å². The molecule has 3 aliphatic rings. The van der Waals surface area contributed by atoms with Gasteiger partial charge in [0.1, 0.15) is 11.5 Å². The molecule has 0 bridgehead atoms. The monoisotopic (exact) mass is 438 g/mol. The molecular weight excluding hydrogens is 409 g/mol. The van der Waals surface area contributed by atoms with Crippen molar-refractivity contribution in [1.29, 1.82) is 0 Å². The first kappa shape index (κ1) is 22.1. The highest BCUT2D eigenvalue weighted by Gasteiger charge is 2.51. The highest BCUT2D eigenvalue weighted by molar-refractivity contribution is 5.84. The Bertz CT molecular complexity index is 860. The molecule has 1 saturated carbocycles. The Morgan fingerprint density at radius 3 is 2.58 bits per heavy atom. The van der Waals surface area contributed by atoms with Gasteiger partial charge in [-0.15, -0.1) is 0 Å².